The number of hydrogen-bond acceptors (Lipinski definition) is 3. The minimum atomic E-state index is -0.0201. The van der Waals surface area contributed by atoms with E-state index < -0.39 is 0 Å². The molecule has 1 saturated carbocycles. The Kier molecular flexibility index (Phi) is 3.74. The molecule has 0 unspecified atom stereocenters. The molecule has 0 bridgehead atoms. The van der Waals surface area contributed by atoms with Crippen LogP contribution in [0.2, 0.25) is 0 Å². The molecule has 1 aliphatic carbocycles. The van der Waals surface area contributed by atoms with Gasteiger partial charge in [-0.2, -0.15) is 0 Å². The molecule has 1 aromatic rings. The highest BCUT2D eigenvalue weighted by Crippen LogP contribution is 2.47. The Morgan fingerprint density at radius 3 is 2.70 bits per heavy atom. The van der Waals surface area contributed by atoms with E-state index in [2.05, 4.69) is 5.32 Å². The average Bonchev–Trinajstić information content (AvgIpc) is 2.77. The van der Waals surface area contributed by atoms with Crippen LogP contribution in [0.1, 0.15) is 31.2 Å². The Morgan fingerprint density at radius 1 is 1.25 bits per heavy atom. The lowest BCUT2D eigenvalue weighted by molar-refractivity contribution is -0.113. The monoisotopic (exact) mass is 288 g/mol. The molecule has 1 aliphatic heterocycles. The maximum Gasteiger partial charge on any atom is 0.254 e. The van der Waals surface area contributed by atoms with Crippen LogP contribution >= 0.6 is 11.8 Å². The third kappa shape index (κ3) is 2.57. The van der Waals surface area contributed by atoms with Crippen LogP contribution in [0.4, 0.5) is 5.69 Å². The Balaban J connectivity index is 1.76. The summed E-state index contributed by atoms with van der Waals surface area (Å²) in [5.74, 6) is 0.326. The Bertz CT molecular complexity index is 550. The zero-order valence-electron chi connectivity index (χ0n) is 11.7. The van der Waals surface area contributed by atoms with Gasteiger partial charge in [-0.1, -0.05) is 30.5 Å². The van der Waals surface area contributed by atoms with Crippen molar-refractivity contribution in [2.45, 2.75) is 37.9 Å². The molecule has 1 fully saturated rings. The van der Waals surface area contributed by atoms with Crippen LogP contribution in [-0.4, -0.2) is 11.2 Å². The van der Waals surface area contributed by atoms with E-state index in [-0.39, 0.29) is 5.91 Å². The van der Waals surface area contributed by atoms with E-state index in [0.717, 1.165) is 22.7 Å². The van der Waals surface area contributed by atoms with Crippen molar-refractivity contribution in [3.05, 3.63) is 40.4 Å². The second-order valence-corrected chi connectivity index (χ2v) is 6.93. The van der Waals surface area contributed by atoms with Gasteiger partial charge in [-0.3, -0.25) is 4.79 Å². The minimum absolute atomic E-state index is 0.0201. The number of nitrogens with one attached hydrogen (secondary N) is 1. The van der Waals surface area contributed by atoms with Crippen LogP contribution in [0.25, 0.3) is 0 Å². The number of benzene rings is 1. The van der Waals surface area contributed by atoms with E-state index >= 15 is 0 Å². The van der Waals surface area contributed by atoms with Crippen LogP contribution in [0.15, 0.2) is 34.9 Å². The average molecular weight is 288 g/mol. The number of nitrogens with two attached hydrogens (primary N) is 1. The first-order valence-corrected chi connectivity index (χ1v) is 8.07. The molecular formula is C16H20N2OS. The Morgan fingerprint density at radius 2 is 1.95 bits per heavy atom. The van der Waals surface area contributed by atoms with Crippen molar-refractivity contribution in [1.29, 1.82) is 0 Å². The molecule has 20 heavy (non-hydrogen) atoms. The highest BCUT2D eigenvalue weighted by Gasteiger charge is 2.39. The molecule has 3 nitrogen and oxygen atoms in total. The van der Waals surface area contributed by atoms with Gasteiger partial charge in [0.25, 0.3) is 5.91 Å². The van der Waals surface area contributed by atoms with Gasteiger partial charge in [0.15, 0.2) is 0 Å². The number of rotatable bonds is 2. The number of carbonyl (C=O) groups excluding carboxylic acids is 1. The lowest BCUT2D eigenvalue weighted by Gasteiger charge is -2.25. The van der Waals surface area contributed by atoms with E-state index in [4.69, 9.17) is 5.73 Å². The quantitative estimate of drug-likeness (QED) is 0.877. The van der Waals surface area contributed by atoms with Gasteiger partial charge in [0.1, 0.15) is 0 Å². The number of anilines is 1. The Hall–Kier alpha value is -1.42. The molecule has 0 aromatic heterocycles. The van der Waals surface area contributed by atoms with Crippen molar-refractivity contribution < 1.29 is 4.79 Å². The third-order valence-corrected chi connectivity index (χ3v) is 5.51. The number of carbonyl (C=O) groups is 1. The topological polar surface area (TPSA) is 55.1 Å². The fraction of sp³-hybridized carbons (Fsp3) is 0.438. The van der Waals surface area contributed by atoms with Crippen LogP contribution in [-0.2, 0) is 4.79 Å². The fourth-order valence-corrected chi connectivity index (χ4v) is 4.51. The van der Waals surface area contributed by atoms with Crippen LogP contribution in [0, 0.1) is 12.8 Å². The lowest BCUT2D eigenvalue weighted by Crippen LogP contribution is -2.26. The highest BCUT2D eigenvalue weighted by molar-refractivity contribution is 8.03. The van der Waals surface area contributed by atoms with Crippen molar-refractivity contribution in [1.82, 2.24) is 0 Å². The zero-order valence-corrected chi connectivity index (χ0v) is 12.5. The molecule has 2 aliphatic rings. The van der Waals surface area contributed by atoms with Crippen molar-refractivity contribution in [2.75, 3.05) is 5.32 Å². The molecule has 2 atom stereocenters. The molecule has 1 aromatic carbocycles. The second kappa shape index (κ2) is 5.52. The van der Waals surface area contributed by atoms with Gasteiger partial charge in [-0.15, -0.1) is 11.8 Å². The maximum absolute atomic E-state index is 12.5. The number of fused-ring (bicyclic) bond motifs is 1. The molecule has 0 radical (unpaired) electrons. The molecule has 3 rings (SSSR count). The first-order valence-electron chi connectivity index (χ1n) is 7.19. The summed E-state index contributed by atoms with van der Waals surface area (Å²) in [6, 6.07) is 7.87. The second-order valence-electron chi connectivity index (χ2n) is 5.65. The molecular weight excluding hydrogens is 268 g/mol. The summed E-state index contributed by atoms with van der Waals surface area (Å²) in [6.07, 6.45) is 4.73. The summed E-state index contributed by atoms with van der Waals surface area (Å²) in [5.41, 5.74) is 8.94. The summed E-state index contributed by atoms with van der Waals surface area (Å²) in [4.78, 5) is 12.5. The van der Waals surface area contributed by atoms with Gasteiger partial charge >= 0.3 is 0 Å². The van der Waals surface area contributed by atoms with E-state index in [0.29, 0.717) is 11.2 Å². The maximum atomic E-state index is 12.5. The molecule has 106 valence electrons. The minimum Gasteiger partial charge on any atom is -0.393 e. The normalized spacial score (nSPS) is 25.4. The van der Waals surface area contributed by atoms with E-state index in [9.17, 15) is 4.79 Å². The van der Waals surface area contributed by atoms with Crippen LogP contribution in [0.3, 0.4) is 0 Å². The van der Waals surface area contributed by atoms with Crippen molar-refractivity contribution in [2.24, 2.45) is 11.7 Å². The summed E-state index contributed by atoms with van der Waals surface area (Å²) in [6.45, 7) is 2.03. The fourth-order valence-electron chi connectivity index (χ4n) is 3.09. The zero-order chi connectivity index (χ0) is 14.1. The first-order chi connectivity index (χ1) is 9.65. The number of thioether (sulfide) groups is 1. The summed E-state index contributed by atoms with van der Waals surface area (Å²) in [7, 11) is 0. The molecule has 3 N–H and O–H groups in total. The number of aryl methyl sites for hydroxylation is 1. The molecule has 1 amide bonds. The predicted molar refractivity (Wildman–Crippen MR) is 84.4 cm³/mol. The highest BCUT2D eigenvalue weighted by atomic mass is 32.2. The van der Waals surface area contributed by atoms with Gasteiger partial charge in [-0.05, 0) is 31.9 Å². The van der Waals surface area contributed by atoms with Gasteiger partial charge in [-0.25, -0.2) is 0 Å². The Labute approximate surface area is 124 Å². The number of hydrogen-bond donors (Lipinski definition) is 2. The summed E-state index contributed by atoms with van der Waals surface area (Å²) in [5, 5.41) is 4.23. The van der Waals surface area contributed by atoms with Gasteiger partial charge in [0.05, 0.1) is 10.6 Å². The molecule has 1 heterocycles. The van der Waals surface area contributed by atoms with E-state index in [1.165, 1.54) is 24.8 Å². The standard InChI is InChI=1S/C16H20N2OS/c1-10-6-8-11(9-7-10)18-16(19)14-12-4-2-3-5-13(12)20-15(14)17/h6-9,12-13H,2-5,17H2,1H3,(H,18,19)/t12-,13+/m1/s1. The molecule has 0 saturated heterocycles. The van der Waals surface area contributed by atoms with Crippen molar-refractivity contribution in [3.63, 3.8) is 0 Å². The van der Waals surface area contributed by atoms with Crippen molar-refractivity contribution >= 4 is 23.4 Å². The van der Waals surface area contributed by atoms with Gasteiger partial charge in [0, 0.05) is 16.9 Å². The van der Waals surface area contributed by atoms with Crippen LogP contribution < -0.4 is 11.1 Å². The molecule has 0 spiro atoms. The number of amides is 1. The lowest BCUT2D eigenvalue weighted by atomic mass is 9.83. The summed E-state index contributed by atoms with van der Waals surface area (Å²) >= 11 is 1.70. The SMILES string of the molecule is Cc1ccc(NC(=O)C2=C(N)S[C@H]3CCCC[C@@H]23)cc1. The van der Waals surface area contributed by atoms with Gasteiger partial charge in [0.2, 0.25) is 0 Å². The first kappa shape index (κ1) is 13.6. The third-order valence-electron chi connectivity index (χ3n) is 4.17. The molecule has 4 heteroatoms. The predicted octanol–water partition coefficient (Wildman–Crippen LogP) is 3.41. The van der Waals surface area contributed by atoms with Crippen molar-refractivity contribution in [3.8, 4) is 0 Å². The van der Waals surface area contributed by atoms with E-state index in [1.54, 1.807) is 11.8 Å². The van der Waals surface area contributed by atoms with E-state index in [1.807, 2.05) is 31.2 Å². The largest absolute Gasteiger partial charge is 0.393 e. The van der Waals surface area contributed by atoms with Gasteiger partial charge < -0.3 is 11.1 Å². The summed E-state index contributed by atoms with van der Waals surface area (Å²) < 4.78 is 0. The van der Waals surface area contributed by atoms with Crippen LogP contribution in [0.5, 0.6) is 0 Å². The smallest absolute Gasteiger partial charge is 0.254 e.